The third kappa shape index (κ3) is 3.58. The van der Waals surface area contributed by atoms with E-state index in [-0.39, 0.29) is 23.5 Å². The van der Waals surface area contributed by atoms with Gasteiger partial charge in [0, 0.05) is 17.7 Å². The van der Waals surface area contributed by atoms with Crippen LogP contribution in [-0.4, -0.2) is 28.9 Å². The topological polar surface area (TPSA) is 97.2 Å². The minimum Gasteiger partial charge on any atom is -0.373 e. The van der Waals surface area contributed by atoms with Gasteiger partial charge in [0.05, 0.1) is 18.3 Å². The lowest BCUT2D eigenvalue weighted by atomic mass is 9.64. The van der Waals surface area contributed by atoms with E-state index in [1.54, 1.807) is 0 Å². The van der Waals surface area contributed by atoms with Crippen molar-refractivity contribution in [1.82, 2.24) is 10.3 Å². The first kappa shape index (κ1) is 17.2. The maximum atomic E-state index is 12.3. The van der Waals surface area contributed by atoms with Gasteiger partial charge in [-0.2, -0.15) is 0 Å². The molecular formula is C19H23N3O3. The van der Waals surface area contributed by atoms with Crippen LogP contribution >= 0.6 is 0 Å². The number of hydrogen-bond donors (Lipinski definition) is 3. The summed E-state index contributed by atoms with van der Waals surface area (Å²) in [7, 11) is 0. The molecule has 1 aliphatic rings. The highest BCUT2D eigenvalue weighted by Crippen LogP contribution is 2.43. The highest BCUT2D eigenvalue weighted by molar-refractivity contribution is 5.98. The molecule has 0 bridgehead atoms. The number of aromatic amines is 1. The van der Waals surface area contributed by atoms with Gasteiger partial charge >= 0.3 is 0 Å². The number of benzene rings is 1. The molecule has 2 unspecified atom stereocenters. The molecule has 1 aromatic heterocycles. The van der Waals surface area contributed by atoms with Crippen LogP contribution in [0.3, 0.4) is 0 Å². The molecule has 2 aromatic rings. The molecule has 1 saturated carbocycles. The standard InChI is InChI=1S/C19H23N3O3/c1-19(2)15(9-16(19)25-11-12-6-4-3-5-7-12)22-18(24)14-8-13(10-21-14)17(20)23/h3-8,10,15-16,21H,9,11H2,1-2H3,(H2,20,23)(H,22,24). The average Bonchev–Trinajstić information content (AvgIpc) is 3.08. The monoisotopic (exact) mass is 341 g/mol. The Morgan fingerprint density at radius 3 is 2.64 bits per heavy atom. The number of primary amides is 1. The van der Waals surface area contributed by atoms with Crippen molar-refractivity contribution in [3.8, 4) is 0 Å². The van der Waals surface area contributed by atoms with Crippen molar-refractivity contribution in [2.24, 2.45) is 11.1 Å². The molecule has 3 rings (SSSR count). The first-order valence-electron chi connectivity index (χ1n) is 8.32. The zero-order valence-corrected chi connectivity index (χ0v) is 14.4. The smallest absolute Gasteiger partial charge is 0.267 e. The lowest BCUT2D eigenvalue weighted by Gasteiger charge is -2.51. The average molecular weight is 341 g/mol. The molecule has 25 heavy (non-hydrogen) atoms. The predicted octanol–water partition coefficient (Wildman–Crippen LogP) is 2.23. The first-order valence-corrected chi connectivity index (χ1v) is 8.32. The molecule has 2 atom stereocenters. The van der Waals surface area contributed by atoms with E-state index in [1.807, 2.05) is 30.3 Å². The summed E-state index contributed by atoms with van der Waals surface area (Å²) < 4.78 is 6.01. The summed E-state index contributed by atoms with van der Waals surface area (Å²) in [5.74, 6) is -0.805. The molecule has 1 heterocycles. The molecule has 2 amide bonds. The van der Waals surface area contributed by atoms with Crippen LogP contribution in [-0.2, 0) is 11.3 Å². The van der Waals surface area contributed by atoms with E-state index in [1.165, 1.54) is 12.3 Å². The molecule has 1 aliphatic carbocycles. The second kappa shape index (κ2) is 6.72. The fourth-order valence-electron chi connectivity index (χ4n) is 3.09. The Morgan fingerprint density at radius 2 is 2.04 bits per heavy atom. The number of ether oxygens (including phenoxy) is 1. The molecule has 6 heteroatoms. The quantitative estimate of drug-likeness (QED) is 0.751. The third-order valence-electron chi connectivity index (χ3n) is 4.99. The number of amides is 2. The van der Waals surface area contributed by atoms with Crippen LogP contribution in [0, 0.1) is 5.41 Å². The second-order valence-corrected chi connectivity index (χ2v) is 7.03. The number of nitrogens with one attached hydrogen (secondary N) is 2. The predicted molar refractivity (Wildman–Crippen MR) is 94.0 cm³/mol. The van der Waals surface area contributed by atoms with E-state index >= 15 is 0 Å². The van der Waals surface area contributed by atoms with Crippen molar-refractivity contribution in [3.05, 3.63) is 59.4 Å². The van der Waals surface area contributed by atoms with Gasteiger partial charge in [0.25, 0.3) is 5.91 Å². The van der Waals surface area contributed by atoms with Crippen LogP contribution in [0.25, 0.3) is 0 Å². The minimum absolute atomic E-state index is 0.0149. The number of hydrogen-bond acceptors (Lipinski definition) is 3. The minimum atomic E-state index is -0.561. The second-order valence-electron chi connectivity index (χ2n) is 7.03. The number of carbonyl (C=O) groups excluding carboxylic acids is 2. The van der Waals surface area contributed by atoms with Gasteiger partial charge in [0.1, 0.15) is 5.69 Å². The summed E-state index contributed by atoms with van der Waals surface area (Å²) in [6.45, 7) is 4.73. The zero-order chi connectivity index (χ0) is 18.0. The maximum absolute atomic E-state index is 12.3. The lowest BCUT2D eigenvalue weighted by molar-refractivity contribution is -0.122. The van der Waals surface area contributed by atoms with Crippen molar-refractivity contribution in [3.63, 3.8) is 0 Å². The molecule has 1 fully saturated rings. The van der Waals surface area contributed by atoms with E-state index in [0.29, 0.717) is 17.9 Å². The van der Waals surface area contributed by atoms with Crippen LogP contribution < -0.4 is 11.1 Å². The molecule has 0 radical (unpaired) electrons. The molecular weight excluding hydrogens is 318 g/mol. The number of aromatic nitrogens is 1. The van der Waals surface area contributed by atoms with Gasteiger partial charge in [0.15, 0.2) is 0 Å². The summed E-state index contributed by atoms with van der Waals surface area (Å²) >= 11 is 0. The lowest BCUT2D eigenvalue weighted by Crippen LogP contribution is -2.62. The molecule has 4 N–H and O–H groups in total. The van der Waals surface area contributed by atoms with Gasteiger partial charge in [-0.15, -0.1) is 0 Å². The van der Waals surface area contributed by atoms with Crippen molar-refractivity contribution >= 4 is 11.8 Å². The number of rotatable bonds is 6. The summed E-state index contributed by atoms with van der Waals surface area (Å²) in [5, 5.41) is 3.00. The highest BCUT2D eigenvalue weighted by Gasteiger charge is 2.49. The Labute approximate surface area is 146 Å². The van der Waals surface area contributed by atoms with Crippen molar-refractivity contribution in [2.75, 3.05) is 0 Å². The zero-order valence-electron chi connectivity index (χ0n) is 14.4. The van der Waals surface area contributed by atoms with E-state index in [0.717, 1.165) is 12.0 Å². The van der Waals surface area contributed by atoms with Crippen LogP contribution in [0.1, 0.15) is 46.7 Å². The van der Waals surface area contributed by atoms with Crippen LogP contribution in [0.5, 0.6) is 0 Å². The van der Waals surface area contributed by atoms with Crippen LogP contribution in [0.2, 0.25) is 0 Å². The van der Waals surface area contributed by atoms with E-state index < -0.39 is 5.91 Å². The SMILES string of the molecule is CC1(C)C(NC(=O)c2cc(C(N)=O)c[nH]2)CC1OCc1ccccc1. The van der Waals surface area contributed by atoms with E-state index in [2.05, 4.69) is 24.1 Å². The van der Waals surface area contributed by atoms with Gasteiger partial charge in [0.2, 0.25) is 5.91 Å². The normalized spacial score (nSPS) is 21.4. The van der Waals surface area contributed by atoms with Crippen LogP contribution in [0.15, 0.2) is 42.6 Å². The molecule has 0 spiro atoms. The third-order valence-corrected chi connectivity index (χ3v) is 4.99. The molecule has 132 valence electrons. The Kier molecular flexibility index (Phi) is 4.63. The van der Waals surface area contributed by atoms with Crippen molar-refractivity contribution in [2.45, 2.75) is 39.0 Å². The number of carbonyl (C=O) groups is 2. The van der Waals surface area contributed by atoms with Gasteiger partial charge in [-0.05, 0) is 18.1 Å². The van der Waals surface area contributed by atoms with E-state index in [4.69, 9.17) is 10.5 Å². The maximum Gasteiger partial charge on any atom is 0.267 e. The number of H-pyrrole nitrogens is 1. The Balaban J connectivity index is 1.54. The molecule has 0 saturated heterocycles. The van der Waals surface area contributed by atoms with Crippen molar-refractivity contribution < 1.29 is 14.3 Å². The summed E-state index contributed by atoms with van der Waals surface area (Å²) in [4.78, 5) is 26.2. The molecule has 6 nitrogen and oxygen atoms in total. The summed E-state index contributed by atoms with van der Waals surface area (Å²) in [5.41, 5.74) is 6.80. The van der Waals surface area contributed by atoms with E-state index in [9.17, 15) is 9.59 Å². The Morgan fingerprint density at radius 1 is 1.32 bits per heavy atom. The van der Waals surface area contributed by atoms with Gasteiger partial charge in [-0.3, -0.25) is 9.59 Å². The van der Waals surface area contributed by atoms with Crippen LogP contribution in [0.4, 0.5) is 0 Å². The van der Waals surface area contributed by atoms with Gasteiger partial charge in [-0.25, -0.2) is 0 Å². The van der Waals surface area contributed by atoms with Gasteiger partial charge < -0.3 is 20.8 Å². The number of nitrogens with two attached hydrogens (primary N) is 1. The summed E-state index contributed by atoms with van der Waals surface area (Å²) in [6.07, 6.45) is 2.28. The molecule has 1 aromatic carbocycles. The van der Waals surface area contributed by atoms with Gasteiger partial charge in [-0.1, -0.05) is 44.2 Å². The Bertz CT molecular complexity index is 767. The molecule has 0 aliphatic heterocycles. The fraction of sp³-hybridized carbons (Fsp3) is 0.368. The highest BCUT2D eigenvalue weighted by atomic mass is 16.5. The fourth-order valence-corrected chi connectivity index (χ4v) is 3.09. The summed E-state index contributed by atoms with van der Waals surface area (Å²) in [6, 6.07) is 11.5. The largest absolute Gasteiger partial charge is 0.373 e. The first-order chi connectivity index (χ1) is 11.9. The Hall–Kier alpha value is -2.60. The van der Waals surface area contributed by atoms with Crippen molar-refractivity contribution in [1.29, 1.82) is 0 Å².